The molecule has 22 heavy (non-hydrogen) atoms. The third-order valence-corrected chi connectivity index (χ3v) is 3.10. The quantitative estimate of drug-likeness (QED) is 0.850. The lowest BCUT2D eigenvalue weighted by atomic mass is 10.2. The van der Waals surface area contributed by atoms with Gasteiger partial charge in [0, 0.05) is 5.69 Å². The highest BCUT2D eigenvalue weighted by Gasteiger charge is 2.11. The predicted octanol–water partition coefficient (Wildman–Crippen LogP) is 3.18. The lowest BCUT2D eigenvalue weighted by molar-refractivity contribution is -0.123. The van der Waals surface area contributed by atoms with E-state index in [1.165, 1.54) is 0 Å². The predicted molar refractivity (Wildman–Crippen MR) is 84.5 cm³/mol. The Morgan fingerprint density at radius 2 is 1.64 bits per heavy atom. The van der Waals surface area contributed by atoms with Crippen LogP contribution in [0, 0.1) is 11.3 Å². The van der Waals surface area contributed by atoms with Crippen molar-refractivity contribution in [3.63, 3.8) is 0 Å². The van der Waals surface area contributed by atoms with Crippen molar-refractivity contribution in [1.82, 2.24) is 0 Å². The molecule has 0 saturated carbocycles. The molecule has 0 atom stereocenters. The average Bonchev–Trinajstić information content (AvgIpc) is 2.50. The van der Waals surface area contributed by atoms with E-state index in [-0.39, 0.29) is 6.42 Å². The van der Waals surface area contributed by atoms with Gasteiger partial charge >= 0.3 is 0 Å². The van der Waals surface area contributed by atoms with Gasteiger partial charge in [0.05, 0.1) is 22.3 Å². The molecule has 2 amide bonds. The molecule has 0 fully saturated rings. The van der Waals surface area contributed by atoms with Gasteiger partial charge in [-0.15, -0.1) is 0 Å². The number of benzene rings is 2. The molecule has 0 heterocycles. The maximum absolute atomic E-state index is 11.8. The molecule has 5 nitrogen and oxygen atoms in total. The van der Waals surface area contributed by atoms with Crippen molar-refractivity contribution >= 4 is 34.8 Å². The smallest absolute Gasteiger partial charge is 0.233 e. The fourth-order valence-electron chi connectivity index (χ4n) is 1.74. The van der Waals surface area contributed by atoms with E-state index in [4.69, 9.17) is 16.9 Å². The molecule has 0 aliphatic heterocycles. The number of anilines is 2. The molecule has 2 aromatic rings. The van der Waals surface area contributed by atoms with E-state index in [1.807, 2.05) is 6.07 Å². The summed E-state index contributed by atoms with van der Waals surface area (Å²) in [6, 6.07) is 15.1. The van der Waals surface area contributed by atoms with Crippen LogP contribution in [-0.4, -0.2) is 11.8 Å². The number of nitriles is 1. The van der Waals surface area contributed by atoms with E-state index in [2.05, 4.69) is 10.6 Å². The molecule has 0 aromatic heterocycles. The zero-order valence-corrected chi connectivity index (χ0v) is 12.2. The third-order valence-electron chi connectivity index (χ3n) is 2.77. The van der Waals surface area contributed by atoms with E-state index in [0.717, 1.165) is 0 Å². The Labute approximate surface area is 132 Å². The summed E-state index contributed by atoms with van der Waals surface area (Å²) in [6.07, 6.45) is -0.328. The van der Waals surface area contributed by atoms with Crippen LogP contribution in [0.3, 0.4) is 0 Å². The fourth-order valence-corrected chi connectivity index (χ4v) is 1.92. The van der Waals surface area contributed by atoms with Gasteiger partial charge in [0.25, 0.3) is 0 Å². The normalized spacial score (nSPS) is 9.64. The molecule has 6 heteroatoms. The second-order valence-electron chi connectivity index (χ2n) is 4.44. The standard InChI is InChI=1S/C16H12ClN3O2/c17-13-3-1-2-4-14(13)20-16(22)9-15(21)19-12-7-5-11(10-18)6-8-12/h1-8H,9H2,(H,19,21)(H,20,22). The van der Waals surface area contributed by atoms with Gasteiger partial charge in [-0.3, -0.25) is 9.59 Å². The highest BCUT2D eigenvalue weighted by atomic mass is 35.5. The number of nitrogens with one attached hydrogen (secondary N) is 2. The summed E-state index contributed by atoms with van der Waals surface area (Å²) in [4.78, 5) is 23.6. The monoisotopic (exact) mass is 313 g/mol. The number of hydrogen-bond donors (Lipinski definition) is 2. The summed E-state index contributed by atoms with van der Waals surface area (Å²) in [5, 5.41) is 14.2. The Morgan fingerprint density at radius 3 is 2.27 bits per heavy atom. The van der Waals surface area contributed by atoms with Crippen LogP contribution in [0.15, 0.2) is 48.5 Å². The molecule has 0 aliphatic carbocycles. The zero-order chi connectivity index (χ0) is 15.9. The van der Waals surface area contributed by atoms with Gasteiger partial charge < -0.3 is 10.6 Å². The molecule has 0 aliphatic rings. The number of halogens is 1. The van der Waals surface area contributed by atoms with Crippen LogP contribution in [0.2, 0.25) is 5.02 Å². The molecule has 2 N–H and O–H groups in total. The maximum Gasteiger partial charge on any atom is 0.233 e. The summed E-state index contributed by atoms with van der Waals surface area (Å²) in [5.41, 5.74) is 1.48. The summed E-state index contributed by atoms with van der Waals surface area (Å²) in [7, 11) is 0. The molecule has 2 aromatic carbocycles. The number of carbonyl (C=O) groups excluding carboxylic acids is 2. The van der Waals surface area contributed by atoms with Crippen molar-refractivity contribution in [1.29, 1.82) is 5.26 Å². The van der Waals surface area contributed by atoms with Gasteiger partial charge in [0.15, 0.2) is 0 Å². The summed E-state index contributed by atoms with van der Waals surface area (Å²) < 4.78 is 0. The van der Waals surface area contributed by atoms with Gasteiger partial charge in [0.2, 0.25) is 11.8 Å². The van der Waals surface area contributed by atoms with Crippen molar-refractivity contribution in [2.75, 3.05) is 10.6 Å². The van der Waals surface area contributed by atoms with E-state index in [0.29, 0.717) is 22.0 Å². The van der Waals surface area contributed by atoms with E-state index >= 15 is 0 Å². The number of nitrogens with zero attached hydrogens (tertiary/aromatic N) is 1. The molecule has 0 saturated heterocycles. The van der Waals surface area contributed by atoms with Gasteiger partial charge in [-0.05, 0) is 36.4 Å². The molecule has 0 unspecified atom stereocenters. The fraction of sp³-hybridized carbons (Fsp3) is 0.0625. The molecule has 0 radical (unpaired) electrons. The number of amides is 2. The van der Waals surface area contributed by atoms with Crippen LogP contribution in [0.5, 0.6) is 0 Å². The van der Waals surface area contributed by atoms with Crippen LogP contribution in [0.25, 0.3) is 0 Å². The zero-order valence-electron chi connectivity index (χ0n) is 11.5. The summed E-state index contributed by atoms with van der Waals surface area (Å²) in [5.74, 6) is -0.909. The van der Waals surface area contributed by atoms with Crippen molar-refractivity contribution in [3.05, 3.63) is 59.1 Å². The number of carbonyl (C=O) groups is 2. The van der Waals surface area contributed by atoms with E-state index < -0.39 is 11.8 Å². The van der Waals surface area contributed by atoms with Gasteiger partial charge in [0.1, 0.15) is 6.42 Å². The second kappa shape index (κ2) is 7.25. The average molecular weight is 314 g/mol. The Morgan fingerprint density at radius 1 is 1.00 bits per heavy atom. The van der Waals surface area contributed by atoms with Crippen LogP contribution in [0.4, 0.5) is 11.4 Å². The first-order chi connectivity index (χ1) is 10.6. The van der Waals surface area contributed by atoms with Gasteiger partial charge in [-0.1, -0.05) is 23.7 Å². The van der Waals surface area contributed by atoms with Crippen LogP contribution < -0.4 is 10.6 Å². The van der Waals surface area contributed by atoms with Crippen molar-refractivity contribution in [3.8, 4) is 6.07 Å². The highest BCUT2D eigenvalue weighted by molar-refractivity contribution is 6.33. The minimum Gasteiger partial charge on any atom is -0.326 e. The summed E-state index contributed by atoms with van der Waals surface area (Å²) in [6.45, 7) is 0. The van der Waals surface area contributed by atoms with E-state index in [9.17, 15) is 9.59 Å². The first-order valence-electron chi connectivity index (χ1n) is 6.43. The Bertz CT molecular complexity index is 736. The molecule has 2 rings (SSSR count). The van der Waals surface area contributed by atoms with Crippen molar-refractivity contribution in [2.24, 2.45) is 0 Å². The molecule has 0 bridgehead atoms. The lowest BCUT2D eigenvalue weighted by Gasteiger charge is -2.07. The van der Waals surface area contributed by atoms with Gasteiger partial charge in [-0.25, -0.2) is 0 Å². The highest BCUT2D eigenvalue weighted by Crippen LogP contribution is 2.20. The Kier molecular flexibility index (Phi) is 5.12. The van der Waals surface area contributed by atoms with E-state index in [1.54, 1.807) is 48.5 Å². The minimum absolute atomic E-state index is 0.328. The largest absolute Gasteiger partial charge is 0.326 e. The molecule has 110 valence electrons. The molecule has 0 spiro atoms. The van der Waals surface area contributed by atoms with Crippen molar-refractivity contribution in [2.45, 2.75) is 6.42 Å². The lowest BCUT2D eigenvalue weighted by Crippen LogP contribution is -2.21. The topological polar surface area (TPSA) is 82.0 Å². The van der Waals surface area contributed by atoms with Crippen LogP contribution in [0.1, 0.15) is 12.0 Å². The van der Waals surface area contributed by atoms with Crippen LogP contribution in [-0.2, 0) is 9.59 Å². The molecular weight excluding hydrogens is 302 g/mol. The third kappa shape index (κ3) is 4.33. The number of hydrogen-bond acceptors (Lipinski definition) is 3. The SMILES string of the molecule is N#Cc1ccc(NC(=O)CC(=O)Nc2ccccc2Cl)cc1. The minimum atomic E-state index is -0.459. The second-order valence-corrected chi connectivity index (χ2v) is 4.85. The Hall–Kier alpha value is -2.84. The maximum atomic E-state index is 11.8. The summed E-state index contributed by atoms with van der Waals surface area (Å²) >= 11 is 5.92. The van der Waals surface area contributed by atoms with Gasteiger partial charge in [-0.2, -0.15) is 5.26 Å². The first-order valence-corrected chi connectivity index (χ1v) is 6.80. The molecular formula is C16H12ClN3O2. The Balaban J connectivity index is 1.90. The van der Waals surface area contributed by atoms with Crippen molar-refractivity contribution < 1.29 is 9.59 Å². The van der Waals surface area contributed by atoms with Crippen LogP contribution >= 0.6 is 11.6 Å². The first kappa shape index (κ1) is 15.5. The number of para-hydroxylation sites is 1. The number of rotatable bonds is 4.